The van der Waals surface area contributed by atoms with Gasteiger partial charge in [-0.15, -0.1) is 0 Å². The van der Waals surface area contributed by atoms with E-state index in [1.165, 1.54) is 5.56 Å². The molecule has 0 saturated heterocycles. The monoisotopic (exact) mass is 430 g/mol. The normalized spacial score (nSPS) is 15.5. The van der Waals surface area contributed by atoms with E-state index in [0.717, 1.165) is 43.1 Å². The first-order valence-corrected chi connectivity index (χ1v) is 9.77. The molecule has 24 heavy (non-hydrogen) atoms. The van der Waals surface area contributed by atoms with E-state index < -0.39 is 0 Å². The SMILES string of the molecule is CC.CPOCC1Cc2c(ccc(N)c2NCCCN(C)C)O1.[Y]. The maximum Gasteiger partial charge on any atom is 0.127 e. The second kappa shape index (κ2) is 13.3. The average Bonchev–Trinajstić information content (AvgIpc) is 2.96. The third-order valence-electron chi connectivity index (χ3n) is 3.53. The Morgan fingerprint density at radius 3 is 2.71 bits per heavy atom. The van der Waals surface area contributed by atoms with Gasteiger partial charge in [0.2, 0.25) is 0 Å². The molecule has 1 aromatic carbocycles. The number of nitrogen functional groups attached to an aromatic ring is 1. The van der Waals surface area contributed by atoms with Crippen LogP contribution in [0.15, 0.2) is 12.1 Å². The number of benzene rings is 1. The predicted octanol–water partition coefficient (Wildman–Crippen LogP) is 3.20. The summed E-state index contributed by atoms with van der Waals surface area (Å²) in [6, 6.07) is 3.88. The minimum absolute atomic E-state index is 0. The molecular weight excluding hydrogens is 398 g/mol. The first-order valence-electron chi connectivity index (χ1n) is 8.37. The Hall–Kier alpha value is 0.0739. The number of nitrogens with zero attached hydrogens (tertiary/aromatic N) is 1. The standard InChI is InChI=1S/C15H26N3O2P.C2H6.Y/c1-18(2)8-4-7-17-15-12-9-11(10-19-21-3)20-14(12)6-5-13(15)16;1-2;/h5-6,11,17,21H,4,7-10,16H2,1-3H3;1-2H3;. The molecule has 0 aliphatic carbocycles. The van der Waals surface area contributed by atoms with Crippen molar-refractivity contribution in [2.75, 3.05) is 51.5 Å². The molecule has 0 spiro atoms. The van der Waals surface area contributed by atoms with Crippen LogP contribution in [0.1, 0.15) is 25.8 Å². The van der Waals surface area contributed by atoms with E-state index in [1.54, 1.807) is 0 Å². The van der Waals surface area contributed by atoms with Crippen molar-refractivity contribution >= 4 is 20.2 Å². The van der Waals surface area contributed by atoms with Crippen molar-refractivity contribution in [3.63, 3.8) is 0 Å². The molecule has 0 saturated carbocycles. The fourth-order valence-corrected chi connectivity index (χ4v) is 2.85. The fraction of sp³-hybridized carbons (Fsp3) is 0.647. The molecule has 135 valence electrons. The number of hydrogen-bond donors (Lipinski definition) is 2. The van der Waals surface area contributed by atoms with Gasteiger partial charge in [-0.2, -0.15) is 0 Å². The Morgan fingerprint density at radius 2 is 2.08 bits per heavy atom. The molecule has 2 rings (SSSR count). The van der Waals surface area contributed by atoms with Crippen molar-refractivity contribution in [1.82, 2.24) is 4.90 Å². The van der Waals surface area contributed by atoms with Crippen molar-refractivity contribution in [2.45, 2.75) is 32.8 Å². The van der Waals surface area contributed by atoms with Gasteiger partial charge in [0.05, 0.1) is 18.0 Å². The van der Waals surface area contributed by atoms with Crippen LogP contribution in [0.25, 0.3) is 0 Å². The average molecular weight is 430 g/mol. The zero-order valence-corrected chi connectivity index (χ0v) is 19.5. The number of nitrogens with one attached hydrogen (secondary N) is 1. The van der Waals surface area contributed by atoms with Crippen molar-refractivity contribution in [3.8, 4) is 5.75 Å². The van der Waals surface area contributed by atoms with Crippen LogP contribution in [-0.4, -0.2) is 51.5 Å². The van der Waals surface area contributed by atoms with Gasteiger partial charge in [-0.1, -0.05) is 13.8 Å². The Balaban J connectivity index is 0.00000170. The summed E-state index contributed by atoms with van der Waals surface area (Å²) in [7, 11) is 4.67. The van der Waals surface area contributed by atoms with Gasteiger partial charge in [-0.05, 0) is 45.9 Å². The Kier molecular flexibility index (Phi) is 13.3. The van der Waals surface area contributed by atoms with E-state index in [4.69, 9.17) is 15.0 Å². The second-order valence-corrected chi connectivity index (χ2v) is 6.25. The number of ether oxygens (including phenoxy) is 1. The summed E-state index contributed by atoms with van der Waals surface area (Å²) in [5.74, 6) is 0.937. The summed E-state index contributed by atoms with van der Waals surface area (Å²) in [4.78, 5) is 2.18. The third-order valence-corrected chi connectivity index (χ3v) is 3.98. The largest absolute Gasteiger partial charge is 0.487 e. The van der Waals surface area contributed by atoms with Crippen LogP contribution in [0.2, 0.25) is 0 Å². The zero-order valence-electron chi connectivity index (χ0n) is 15.7. The maximum absolute atomic E-state index is 6.12. The Bertz CT molecular complexity index is 475. The molecule has 2 unspecified atom stereocenters. The van der Waals surface area contributed by atoms with Gasteiger partial charge >= 0.3 is 0 Å². The molecule has 7 heteroatoms. The minimum atomic E-state index is 0. The number of anilines is 2. The molecule has 2 atom stereocenters. The van der Waals surface area contributed by atoms with Crippen LogP contribution in [0.5, 0.6) is 5.75 Å². The molecule has 0 aromatic heterocycles. The molecule has 3 N–H and O–H groups in total. The Morgan fingerprint density at radius 1 is 1.38 bits per heavy atom. The molecule has 1 heterocycles. The molecule has 0 amide bonds. The fourth-order valence-electron chi connectivity index (χ4n) is 2.50. The van der Waals surface area contributed by atoms with Crippen molar-refractivity contribution < 1.29 is 42.0 Å². The molecule has 1 aliphatic heterocycles. The van der Waals surface area contributed by atoms with Crippen LogP contribution < -0.4 is 15.8 Å². The third kappa shape index (κ3) is 7.53. The van der Waals surface area contributed by atoms with E-state index in [9.17, 15) is 0 Å². The zero-order chi connectivity index (χ0) is 17.2. The van der Waals surface area contributed by atoms with Crippen LogP contribution in [-0.2, 0) is 43.7 Å². The number of rotatable bonds is 8. The Labute approximate surface area is 174 Å². The van der Waals surface area contributed by atoms with E-state index in [0.29, 0.717) is 15.4 Å². The minimum Gasteiger partial charge on any atom is -0.487 e. The van der Waals surface area contributed by atoms with Crippen LogP contribution in [0, 0.1) is 0 Å². The van der Waals surface area contributed by atoms with Crippen LogP contribution >= 0.6 is 8.81 Å². The molecular formula is C17H32N3O2PY. The number of hydrogen-bond acceptors (Lipinski definition) is 5. The molecule has 1 aliphatic rings. The smallest absolute Gasteiger partial charge is 0.127 e. The van der Waals surface area contributed by atoms with Gasteiger partial charge in [-0.25, -0.2) is 0 Å². The van der Waals surface area contributed by atoms with Crippen molar-refractivity contribution in [3.05, 3.63) is 17.7 Å². The first-order chi connectivity index (χ1) is 11.1. The van der Waals surface area contributed by atoms with E-state index in [1.807, 2.05) is 32.6 Å². The van der Waals surface area contributed by atoms with Gasteiger partial charge in [0.1, 0.15) is 11.9 Å². The molecule has 0 fully saturated rings. The van der Waals surface area contributed by atoms with E-state index >= 15 is 0 Å². The number of fused-ring (bicyclic) bond motifs is 1. The van der Waals surface area contributed by atoms with Gasteiger partial charge in [-0.3, -0.25) is 0 Å². The second-order valence-electron chi connectivity index (χ2n) is 5.55. The summed E-state index contributed by atoms with van der Waals surface area (Å²) in [5.41, 5.74) is 9.14. The molecule has 0 bridgehead atoms. The summed E-state index contributed by atoms with van der Waals surface area (Å²) < 4.78 is 11.4. The topological polar surface area (TPSA) is 59.8 Å². The molecule has 5 nitrogen and oxygen atoms in total. The van der Waals surface area contributed by atoms with E-state index in [-0.39, 0.29) is 38.8 Å². The maximum atomic E-state index is 6.12. The molecule has 1 aromatic rings. The van der Waals surface area contributed by atoms with Crippen molar-refractivity contribution in [1.29, 1.82) is 0 Å². The van der Waals surface area contributed by atoms with Gasteiger partial charge < -0.3 is 25.2 Å². The van der Waals surface area contributed by atoms with Gasteiger partial charge in [0.15, 0.2) is 0 Å². The summed E-state index contributed by atoms with van der Waals surface area (Å²) in [6.45, 7) is 8.64. The quantitative estimate of drug-likeness (QED) is 0.377. The predicted molar refractivity (Wildman–Crippen MR) is 102 cm³/mol. The van der Waals surface area contributed by atoms with Crippen LogP contribution in [0.3, 0.4) is 0 Å². The summed E-state index contributed by atoms with van der Waals surface area (Å²) in [5, 5.41) is 3.47. The summed E-state index contributed by atoms with van der Waals surface area (Å²) >= 11 is 0. The molecule has 1 radical (unpaired) electrons. The van der Waals surface area contributed by atoms with Gasteiger partial charge in [0, 0.05) is 60.0 Å². The van der Waals surface area contributed by atoms with E-state index in [2.05, 4.69) is 24.3 Å². The van der Waals surface area contributed by atoms with Gasteiger partial charge in [0.25, 0.3) is 0 Å². The van der Waals surface area contributed by atoms with Crippen LogP contribution in [0.4, 0.5) is 11.4 Å². The van der Waals surface area contributed by atoms with Crippen molar-refractivity contribution in [2.24, 2.45) is 0 Å². The number of nitrogens with two attached hydrogens (primary N) is 1. The first kappa shape index (κ1) is 24.1. The summed E-state index contributed by atoms with van der Waals surface area (Å²) in [6.07, 6.45) is 2.05.